The second-order valence-corrected chi connectivity index (χ2v) is 6.10. The topological polar surface area (TPSA) is 27.7 Å². The lowest BCUT2D eigenvalue weighted by Gasteiger charge is -2.39. The minimum Gasteiger partial charge on any atom is -0.497 e. The molecule has 1 aromatic carbocycles. The summed E-state index contributed by atoms with van der Waals surface area (Å²) in [4.78, 5) is 4.98. The number of anilines is 1. The number of rotatable bonds is 5. The van der Waals surface area contributed by atoms with E-state index in [0.717, 1.165) is 38.5 Å². The van der Waals surface area contributed by atoms with Crippen molar-refractivity contribution in [2.45, 2.75) is 19.4 Å². The van der Waals surface area contributed by atoms with Gasteiger partial charge in [-0.15, -0.1) is 0 Å². The van der Waals surface area contributed by atoms with Crippen LogP contribution in [0.15, 0.2) is 24.3 Å². The lowest BCUT2D eigenvalue weighted by Crippen LogP contribution is -2.53. The molecule has 0 amide bonds. The summed E-state index contributed by atoms with van der Waals surface area (Å²) < 4.78 is 5.21. The SMILES string of the molecule is CNC(C)(C)CN1CCN(c2ccc(OC)cc2)CC1. The number of nitrogens with one attached hydrogen (secondary N) is 1. The fraction of sp³-hybridized carbons (Fsp3) is 0.625. The Labute approximate surface area is 122 Å². The van der Waals surface area contributed by atoms with Crippen molar-refractivity contribution < 1.29 is 4.74 Å². The largest absolute Gasteiger partial charge is 0.497 e. The van der Waals surface area contributed by atoms with Gasteiger partial charge in [-0.25, -0.2) is 0 Å². The zero-order chi connectivity index (χ0) is 14.6. The molecular formula is C16H27N3O. The number of nitrogens with zero attached hydrogens (tertiary/aromatic N) is 2. The van der Waals surface area contributed by atoms with Crippen LogP contribution in [0.1, 0.15) is 13.8 Å². The number of ether oxygens (including phenoxy) is 1. The van der Waals surface area contributed by atoms with Gasteiger partial charge >= 0.3 is 0 Å². The Morgan fingerprint density at radius 3 is 2.20 bits per heavy atom. The summed E-state index contributed by atoms with van der Waals surface area (Å²) >= 11 is 0. The molecular weight excluding hydrogens is 250 g/mol. The van der Waals surface area contributed by atoms with Gasteiger partial charge in [0.2, 0.25) is 0 Å². The van der Waals surface area contributed by atoms with Crippen LogP contribution in [-0.4, -0.2) is 57.3 Å². The number of hydrogen-bond donors (Lipinski definition) is 1. The third-order valence-electron chi connectivity index (χ3n) is 4.11. The average Bonchev–Trinajstić information content (AvgIpc) is 2.48. The van der Waals surface area contributed by atoms with E-state index in [0.29, 0.717) is 0 Å². The van der Waals surface area contributed by atoms with Gasteiger partial charge in [0.1, 0.15) is 5.75 Å². The van der Waals surface area contributed by atoms with Gasteiger partial charge in [-0.1, -0.05) is 0 Å². The Kier molecular flexibility index (Phi) is 4.89. The molecule has 0 unspecified atom stereocenters. The first-order chi connectivity index (χ1) is 9.54. The first-order valence-electron chi connectivity index (χ1n) is 7.34. The van der Waals surface area contributed by atoms with E-state index in [1.165, 1.54) is 5.69 Å². The maximum atomic E-state index is 5.21. The first-order valence-corrected chi connectivity index (χ1v) is 7.34. The summed E-state index contributed by atoms with van der Waals surface area (Å²) in [5.41, 5.74) is 1.47. The first kappa shape index (κ1) is 15.1. The highest BCUT2D eigenvalue weighted by Crippen LogP contribution is 2.20. The maximum Gasteiger partial charge on any atom is 0.119 e. The van der Waals surface area contributed by atoms with Crippen LogP contribution in [0.2, 0.25) is 0 Å². The van der Waals surface area contributed by atoms with Gasteiger partial charge in [0.15, 0.2) is 0 Å². The van der Waals surface area contributed by atoms with Gasteiger partial charge in [0.05, 0.1) is 7.11 Å². The molecule has 0 atom stereocenters. The van der Waals surface area contributed by atoms with E-state index in [9.17, 15) is 0 Å². The predicted octanol–water partition coefficient (Wildman–Crippen LogP) is 1.82. The Morgan fingerprint density at radius 2 is 1.70 bits per heavy atom. The minimum absolute atomic E-state index is 0.183. The van der Waals surface area contributed by atoms with Gasteiger partial charge in [0, 0.05) is 44.0 Å². The van der Waals surface area contributed by atoms with Crippen LogP contribution in [0, 0.1) is 0 Å². The number of piperazine rings is 1. The van der Waals surface area contributed by atoms with Crippen molar-refractivity contribution in [1.82, 2.24) is 10.2 Å². The Morgan fingerprint density at radius 1 is 1.10 bits per heavy atom. The summed E-state index contributed by atoms with van der Waals surface area (Å²) in [7, 11) is 3.74. The van der Waals surface area contributed by atoms with Gasteiger partial charge in [-0.2, -0.15) is 0 Å². The summed E-state index contributed by atoms with van der Waals surface area (Å²) in [5.74, 6) is 0.920. The Balaban J connectivity index is 1.87. The van der Waals surface area contributed by atoms with Crippen LogP contribution in [0.25, 0.3) is 0 Å². The molecule has 1 aromatic rings. The molecule has 0 radical (unpaired) electrons. The molecule has 112 valence electrons. The molecule has 1 fully saturated rings. The van der Waals surface area contributed by atoms with Crippen molar-refractivity contribution in [2.24, 2.45) is 0 Å². The molecule has 1 aliphatic heterocycles. The van der Waals surface area contributed by atoms with Crippen LogP contribution >= 0.6 is 0 Å². The summed E-state index contributed by atoms with van der Waals surface area (Å²) in [6.07, 6.45) is 0. The second kappa shape index (κ2) is 6.46. The van der Waals surface area contributed by atoms with E-state index in [2.05, 4.69) is 41.1 Å². The lowest BCUT2D eigenvalue weighted by atomic mass is 10.0. The van der Waals surface area contributed by atoms with Crippen molar-refractivity contribution >= 4 is 5.69 Å². The van der Waals surface area contributed by atoms with E-state index >= 15 is 0 Å². The zero-order valence-electron chi connectivity index (χ0n) is 13.1. The number of methoxy groups -OCH3 is 1. The van der Waals surface area contributed by atoms with Crippen LogP contribution in [0.4, 0.5) is 5.69 Å². The molecule has 0 aromatic heterocycles. The van der Waals surface area contributed by atoms with Crippen molar-refractivity contribution in [3.05, 3.63) is 24.3 Å². The van der Waals surface area contributed by atoms with E-state index < -0.39 is 0 Å². The van der Waals surface area contributed by atoms with E-state index in [1.54, 1.807) is 7.11 Å². The predicted molar refractivity (Wildman–Crippen MR) is 84.8 cm³/mol. The molecule has 0 bridgehead atoms. The molecule has 4 heteroatoms. The van der Waals surface area contributed by atoms with Crippen LogP contribution in [0.3, 0.4) is 0 Å². The summed E-state index contributed by atoms with van der Waals surface area (Å²) in [6.45, 7) is 10.0. The average molecular weight is 277 g/mol. The molecule has 0 aliphatic carbocycles. The van der Waals surface area contributed by atoms with Gasteiger partial charge in [0.25, 0.3) is 0 Å². The number of likely N-dealkylation sites (N-methyl/N-ethyl adjacent to an activating group) is 1. The second-order valence-electron chi connectivity index (χ2n) is 6.10. The molecule has 1 N–H and O–H groups in total. The fourth-order valence-corrected chi connectivity index (χ4v) is 2.60. The minimum atomic E-state index is 0.183. The molecule has 2 rings (SSSR count). The van der Waals surface area contributed by atoms with Crippen molar-refractivity contribution in [3.8, 4) is 5.75 Å². The summed E-state index contributed by atoms with van der Waals surface area (Å²) in [6, 6.07) is 8.36. The highest BCUT2D eigenvalue weighted by atomic mass is 16.5. The van der Waals surface area contributed by atoms with Gasteiger partial charge in [-0.05, 0) is 45.2 Å². The normalized spacial score (nSPS) is 17.3. The third kappa shape index (κ3) is 3.87. The summed E-state index contributed by atoms with van der Waals surface area (Å²) in [5, 5.41) is 3.37. The number of benzene rings is 1. The molecule has 0 saturated carbocycles. The third-order valence-corrected chi connectivity index (χ3v) is 4.11. The quantitative estimate of drug-likeness (QED) is 0.888. The smallest absolute Gasteiger partial charge is 0.119 e. The monoisotopic (exact) mass is 277 g/mol. The van der Waals surface area contributed by atoms with Crippen LogP contribution in [0.5, 0.6) is 5.75 Å². The molecule has 20 heavy (non-hydrogen) atoms. The standard InChI is InChI=1S/C16H27N3O/c1-16(2,17-3)13-18-9-11-19(12-10-18)14-5-7-15(20-4)8-6-14/h5-8,17H,9-13H2,1-4H3. The van der Waals surface area contributed by atoms with E-state index in [-0.39, 0.29) is 5.54 Å². The lowest BCUT2D eigenvalue weighted by molar-refractivity contribution is 0.197. The van der Waals surface area contributed by atoms with Crippen LogP contribution in [-0.2, 0) is 0 Å². The molecule has 1 aliphatic rings. The van der Waals surface area contributed by atoms with Crippen molar-refractivity contribution in [2.75, 3.05) is 51.8 Å². The Hall–Kier alpha value is -1.26. The van der Waals surface area contributed by atoms with Crippen molar-refractivity contribution in [3.63, 3.8) is 0 Å². The van der Waals surface area contributed by atoms with Gasteiger partial charge in [-0.3, -0.25) is 4.90 Å². The Bertz CT molecular complexity index is 408. The van der Waals surface area contributed by atoms with Crippen molar-refractivity contribution in [1.29, 1.82) is 0 Å². The molecule has 0 spiro atoms. The molecule has 1 heterocycles. The molecule has 1 saturated heterocycles. The highest BCUT2D eigenvalue weighted by Gasteiger charge is 2.23. The van der Waals surface area contributed by atoms with Gasteiger partial charge < -0.3 is 15.0 Å². The van der Waals surface area contributed by atoms with E-state index in [4.69, 9.17) is 4.74 Å². The van der Waals surface area contributed by atoms with E-state index in [1.807, 2.05) is 19.2 Å². The molecule has 4 nitrogen and oxygen atoms in total. The highest BCUT2D eigenvalue weighted by molar-refractivity contribution is 5.49. The maximum absolute atomic E-state index is 5.21. The van der Waals surface area contributed by atoms with Crippen LogP contribution < -0.4 is 15.0 Å². The fourth-order valence-electron chi connectivity index (χ4n) is 2.60. The zero-order valence-corrected chi connectivity index (χ0v) is 13.1. The number of hydrogen-bond acceptors (Lipinski definition) is 4.